The highest BCUT2D eigenvalue weighted by Gasteiger charge is 2.31. The Morgan fingerprint density at radius 2 is 1.70 bits per heavy atom. The molecule has 0 aliphatic heterocycles. The molecule has 3 nitrogen and oxygen atoms in total. The van der Waals surface area contributed by atoms with Crippen LogP contribution in [0.4, 0.5) is 13.2 Å². The van der Waals surface area contributed by atoms with E-state index < -0.39 is 6.36 Å². The van der Waals surface area contributed by atoms with Gasteiger partial charge in [0.15, 0.2) is 0 Å². The maximum Gasteiger partial charge on any atom is 0.573 e. The van der Waals surface area contributed by atoms with Gasteiger partial charge in [0.2, 0.25) is 0 Å². The average molecular weight is 291 g/mol. The molecule has 1 rings (SSSR count). The molecule has 0 saturated carbocycles. The highest BCUT2D eigenvalue weighted by molar-refractivity contribution is 5.28. The maximum atomic E-state index is 12.0. The van der Waals surface area contributed by atoms with Crippen LogP contribution in [0.3, 0.4) is 0 Å². The monoisotopic (exact) mass is 291 g/mol. The van der Waals surface area contributed by atoms with Crippen LogP contribution in [0.25, 0.3) is 0 Å². The number of benzene rings is 1. The van der Waals surface area contributed by atoms with Gasteiger partial charge in [-0.15, -0.1) is 13.2 Å². The predicted molar refractivity (Wildman–Crippen MR) is 70.4 cm³/mol. The molecule has 2 N–H and O–H groups in total. The van der Waals surface area contributed by atoms with Crippen molar-refractivity contribution in [1.82, 2.24) is 0 Å². The fourth-order valence-corrected chi connectivity index (χ4v) is 2.16. The topological polar surface area (TPSA) is 44.5 Å². The molecule has 6 heteroatoms. The van der Waals surface area contributed by atoms with E-state index in [1.165, 1.54) is 12.1 Å². The highest BCUT2D eigenvalue weighted by Crippen LogP contribution is 2.23. The Bertz CT molecular complexity index is 404. The van der Waals surface area contributed by atoms with Gasteiger partial charge in [-0.05, 0) is 30.0 Å². The average Bonchev–Trinajstić information content (AvgIpc) is 2.30. The number of halogens is 3. The third-order valence-corrected chi connectivity index (χ3v) is 2.98. The molecule has 2 unspecified atom stereocenters. The predicted octanol–water partition coefficient (Wildman–Crippen LogP) is 3.13. The van der Waals surface area contributed by atoms with E-state index in [0.717, 1.165) is 5.56 Å². The summed E-state index contributed by atoms with van der Waals surface area (Å²) >= 11 is 0. The number of rotatable bonds is 6. The van der Waals surface area contributed by atoms with E-state index in [-0.39, 0.29) is 23.8 Å². The lowest BCUT2D eigenvalue weighted by Crippen LogP contribution is -2.41. The standard InChI is InChI=1S/C14H20F3NO2/c1-9(2)13(19-3)12(18)8-10-4-6-11(7-5-10)20-14(15,16)17/h4-7,9,12-13H,8,18H2,1-3H3. The van der Waals surface area contributed by atoms with Gasteiger partial charge in [0, 0.05) is 13.2 Å². The summed E-state index contributed by atoms with van der Waals surface area (Å²) in [5.41, 5.74) is 6.91. The molecule has 20 heavy (non-hydrogen) atoms. The molecule has 2 atom stereocenters. The van der Waals surface area contributed by atoms with Crippen LogP contribution in [0, 0.1) is 5.92 Å². The molecular weight excluding hydrogens is 271 g/mol. The largest absolute Gasteiger partial charge is 0.573 e. The van der Waals surface area contributed by atoms with Gasteiger partial charge in [-0.1, -0.05) is 26.0 Å². The van der Waals surface area contributed by atoms with Crippen LogP contribution in [-0.2, 0) is 11.2 Å². The Hall–Kier alpha value is -1.27. The molecule has 0 saturated heterocycles. The number of methoxy groups -OCH3 is 1. The first-order chi connectivity index (χ1) is 9.23. The summed E-state index contributed by atoms with van der Waals surface area (Å²) in [6.07, 6.45) is -4.24. The van der Waals surface area contributed by atoms with Gasteiger partial charge in [-0.3, -0.25) is 0 Å². The van der Waals surface area contributed by atoms with Crippen LogP contribution in [-0.4, -0.2) is 25.6 Å². The minimum absolute atomic E-state index is 0.0962. The van der Waals surface area contributed by atoms with Gasteiger partial charge < -0.3 is 15.2 Å². The molecule has 0 bridgehead atoms. The molecule has 0 fully saturated rings. The number of hydrogen-bond acceptors (Lipinski definition) is 3. The Kier molecular flexibility index (Phi) is 5.83. The maximum absolute atomic E-state index is 12.0. The normalized spacial score (nSPS) is 15.2. The fraction of sp³-hybridized carbons (Fsp3) is 0.571. The molecule has 1 aromatic carbocycles. The van der Waals surface area contributed by atoms with E-state index in [2.05, 4.69) is 4.74 Å². The second-order valence-corrected chi connectivity index (χ2v) is 5.00. The zero-order valence-electron chi connectivity index (χ0n) is 11.8. The van der Waals surface area contributed by atoms with Gasteiger partial charge in [0.1, 0.15) is 5.75 Å². The second kappa shape index (κ2) is 6.95. The van der Waals surface area contributed by atoms with Gasteiger partial charge >= 0.3 is 6.36 Å². The van der Waals surface area contributed by atoms with Gasteiger partial charge in [-0.25, -0.2) is 0 Å². The summed E-state index contributed by atoms with van der Waals surface area (Å²) in [7, 11) is 1.60. The van der Waals surface area contributed by atoms with Crippen molar-refractivity contribution in [3.8, 4) is 5.75 Å². The summed E-state index contributed by atoms with van der Waals surface area (Å²) in [5.74, 6) is 0.0322. The Labute approximate surface area is 116 Å². The zero-order chi connectivity index (χ0) is 15.3. The van der Waals surface area contributed by atoms with Crippen LogP contribution in [0.15, 0.2) is 24.3 Å². The van der Waals surface area contributed by atoms with Crippen LogP contribution < -0.4 is 10.5 Å². The van der Waals surface area contributed by atoms with Crippen LogP contribution in [0.1, 0.15) is 19.4 Å². The lowest BCUT2D eigenvalue weighted by molar-refractivity contribution is -0.274. The molecule has 0 aliphatic carbocycles. The van der Waals surface area contributed by atoms with Crippen molar-refractivity contribution in [3.63, 3.8) is 0 Å². The van der Waals surface area contributed by atoms with Gasteiger partial charge in [-0.2, -0.15) is 0 Å². The van der Waals surface area contributed by atoms with E-state index in [4.69, 9.17) is 10.5 Å². The first-order valence-electron chi connectivity index (χ1n) is 6.36. The SMILES string of the molecule is COC(C(C)C)C(N)Cc1ccc(OC(F)(F)F)cc1. The zero-order valence-corrected chi connectivity index (χ0v) is 11.8. The summed E-state index contributed by atoms with van der Waals surface area (Å²) in [5, 5.41) is 0. The smallest absolute Gasteiger partial charge is 0.406 e. The van der Waals surface area contributed by atoms with Crippen molar-refractivity contribution in [2.24, 2.45) is 11.7 Å². The number of alkyl halides is 3. The van der Waals surface area contributed by atoms with E-state index >= 15 is 0 Å². The molecular formula is C14H20F3NO2. The molecule has 0 amide bonds. The number of nitrogens with two attached hydrogens (primary N) is 1. The quantitative estimate of drug-likeness (QED) is 0.875. The lowest BCUT2D eigenvalue weighted by Gasteiger charge is -2.26. The summed E-state index contributed by atoms with van der Waals surface area (Å²) < 4.78 is 45.3. The minimum atomic E-state index is -4.67. The van der Waals surface area contributed by atoms with E-state index in [1.807, 2.05) is 13.8 Å². The summed E-state index contributed by atoms with van der Waals surface area (Å²) in [4.78, 5) is 0. The third kappa shape index (κ3) is 5.38. The van der Waals surface area contributed by atoms with Gasteiger partial charge in [0.05, 0.1) is 6.10 Å². The third-order valence-electron chi connectivity index (χ3n) is 2.98. The first kappa shape index (κ1) is 16.8. The summed E-state index contributed by atoms with van der Waals surface area (Å²) in [6.45, 7) is 4.02. The van der Waals surface area contributed by atoms with Crippen molar-refractivity contribution >= 4 is 0 Å². The van der Waals surface area contributed by atoms with Crippen molar-refractivity contribution < 1.29 is 22.6 Å². The molecule has 0 aromatic heterocycles. The van der Waals surface area contributed by atoms with Crippen LogP contribution in [0.2, 0.25) is 0 Å². The Morgan fingerprint density at radius 1 is 1.15 bits per heavy atom. The van der Waals surface area contributed by atoms with E-state index in [1.54, 1.807) is 19.2 Å². The Morgan fingerprint density at radius 3 is 2.10 bits per heavy atom. The number of ether oxygens (including phenoxy) is 2. The molecule has 0 aliphatic rings. The van der Waals surface area contributed by atoms with E-state index in [0.29, 0.717) is 6.42 Å². The Balaban J connectivity index is 2.65. The molecule has 0 heterocycles. The van der Waals surface area contributed by atoms with Crippen molar-refractivity contribution in [2.45, 2.75) is 38.8 Å². The molecule has 1 aromatic rings. The highest BCUT2D eigenvalue weighted by atomic mass is 19.4. The first-order valence-corrected chi connectivity index (χ1v) is 6.36. The summed E-state index contributed by atoms with van der Waals surface area (Å²) in [6, 6.07) is 5.51. The van der Waals surface area contributed by atoms with Crippen molar-refractivity contribution in [1.29, 1.82) is 0 Å². The molecule has 0 radical (unpaired) electrons. The molecule has 0 spiro atoms. The fourth-order valence-electron chi connectivity index (χ4n) is 2.16. The lowest BCUT2D eigenvalue weighted by atomic mass is 9.94. The van der Waals surface area contributed by atoms with Crippen LogP contribution in [0.5, 0.6) is 5.75 Å². The minimum Gasteiger partial charge on any atom is -0.406 e. The van der Waals surface area contributed by atoms with E-state index in [9.17, 15) is 13.2 Å². The number of hydrogen-bond donors (Lipinski definition) is 1. The molecule has 114 valence electrons. The van der Waals surface area contributed by atoms with Crippen molar-refractivity contribution in [3.05, 3.63) is 29.8 Å². The van der Waals surface area contributed by atoms with Crippen LogP contribution >= 0.6 is 0 Å². The van der Waals surface area contributed by atoms with Crippen molar-refractivity contribution in [2.75, 3.05) is 7.11 Å². The second-order valence-electron chi connectivity index (χ2n) is 5.00. The van der Waals surface area contributed by atoms with Gasteiger partial charge in [0.25, 0.3) is 0 Å².